The van der Waals surface area contributed by atoms with E-state index in [1.165, 1.54) is 12.3 Å². The first-order valence-corrected chi connectivity index (χ1v) is 5.90. The Kier molecular flexibility index (Phi) is 2.66. The fourth-order valence-corrected chi connectivity index (χ4v) is 2.20. The molecule has 1 amide bonds. The predicted molar refractivity (Wildman–Crippen MR) is 66.2 cm³/mol. The standard InChI is InChI=1S/C12H12FN5O/c13-7-1-2-8(16-6-7)10-3-4-15-11-5-9(12(14)19)17-18(10)11/h1-2,5-6,10,15H,3-4H2,(H2,14,19). The van der Waals surface area contributed by atoms with E-state index in [1.54, 1.807) is 16.8 Å². The number of anilines is 1. The van der Waals surface area contributed by atoms with Crippen molar-refractivity contribution < 1.29 is 9.18 Å². The van der Waals surface area contributed by atoms with E-state index in [-0.39, 0.29) is 17.6 Å². The molecule has 0 aliphatic carbocycles. The second-order valence-electron chi connectivity index (χ2n) is 4.36. The number of halogens is 1. The summed E-state index contributed by atoms with van der Waals surface area (Å²) in [5.74, 6) is -0.234. The van der Waals surface area contributed by atoms with E-state index in [4.69, 9.17) is 5.73 Å². The molecule has 6 nitrogen and oxygen atoms in total. The molecule has 0 radical (unpaired) electrons. The minimum atomic E-state index is -0.575. The number of carbonyl (C=O) groups excluding carboxylic acids is 1. The first-order chi connectivity index (χ1) is 9.15. The number of carbonyl (C=O) groups is 1. The molecule has 2 aromatic rings. The lowest BCUT2D eigenvalue weighted by atomic mass is 10.1. The van der Waals surface area contributed by atoms with Gasteiger partial charge in [-0.2, -0.15) is 5.10 Å². The van der Waals surface area contributed by atoms with E-state index in [9.17, 15) is 9.18 Å². The van der Waals surface area contributed by atoms with Crippen molar-refractivity contribution in [3.05, 3.63) is 41.6 Å². The third-order valence-corrected chi connectivity index (χ3v) is 3.10. The smallest absolute Gasteiger partial charge is 0.269 e. The van der Waals surface area contributed by atoms with Crippen LogP contribution in [-0.2, 0) is 0 Å². The van der Waals surface area contributed by atoms with E-state index in [2.05, 4.69) is 15.4 Å². The highest BCUT2D eigenvalue weighted by Crippen LogP contribution is 2.28. The second-order valence-corrected chi connectivity index (χ2v) is 4.36. The second kappa shape index (κ2) is 4.34. The normalized spacial score (nSPS) is 17.6. The van der Waals surface area contributed by atoms with Crippen LogP contribution in [0.4, 0.5) is 10.2 Å². The fraction of sp³-hybridized carbons (Fsp3) is 0.250. The quantitative estimate of drug-likeness (QED) is 0.841. The Morgan fingerprint density at radius 2 is 2.37 bits per heavy atom. The molecule has 2 aromatic heterocycles. The Labute approximate surface area is 108 Å². The number of fused-ring (bicyclic) bond motifs is 1. The summed E-state index contributed by atoms with van der Waals surface area (Å²) in [5.41, 5.74) is 6.14. The average Bonchev–Trinajstić information content (AvgIpc) is 2.83. The van der Waals surface area contributed by atoms with Gasteiger partial charge in [-0.25, -0.2) is 9.07 Å². The third-order valence-electron chi connectivity index (χ3n) is 3.10. The molecule has 1 unspecified atom stereocenters. The summed E-state index contributed by atoms with van der Waals surface area (Å²) in [7, 11) is 0. The van der Waals surface area contributed by atoms with Crippen LogP contribution in [0.3, 0.4) is 0 Å². The van der Waals surface area contributed by atoms with Gasteiger partial charge in [-0.15, -0.1) is 0 Å². The fourth-order valence-electron chi connectivity index (χ4n) is 2.20. The van der Waals surface area contributed by atoms with E-state index in [0.717, 1.165) is 18.8 Å². The monoisotopic (exact) mass is 261 g/mol. The molecule has 0 fully saturated rings. The molecule has 1 atom stereocenters. The first-order valence-electron chi connectivity index (χ1n) is 5.90. The van der Waals surface area contributed by atoms with Gasteiger partial charge in [0.2, 0.25) is 0 Å². The predicted octanol–water partition coefficient (Wildman–Crippen LogP) is 0.921. The Morgan fingerprint density at radius 3 is 3.05 bits per heavy atom. The number of nitrogens with one attached hydrogen (secondary N) is 1. The van der Waals surface area contributed by atoms with Crippen molar-refractivity contribution in [2.45, 2.75) is 12.5 Å². The average molecular weight is 261 g/mol. The van der Waals surface area contributed by atoms with Gasteiger partial charge in [0, 0.05) is 12.6 Å². The molecule has 0 saturated heterocycles. The molecule has 0 aromatic carbocycles. The van der Waals surface area contributed by atoms with Crippen molar-refractivity contribution in [3.8, 4) is 0 Å². The molecule has 7 heteroatoms. The van der Waals surface area contributed by atoms with Crippen molar-refractivity contribution in [2.75, 3.05) is 11.9 Å². The Bertz CT molecular complexity index is 622. The van der Waals surface area contributed by atoms with Crippen LogP contribution in [0.5, 0.6) is 0 Å². The molecule has 1 aliphatic heterocycles. The van der Waals surface area contributed by atoms with Crippen molar-refractivity contribution in [1.29, 1.82) is 0 Å². The van der Waals surface area contributed by atoms with Gasteiger partial charge < -0.3 is 11.1 Å². The molecule has 0 spiro atoms. The zero-order chi connectivity index (χ0) is 13.4. The number of aromatic nitrogens is 3. The highest BCUT2D eigenvalue weighted by molar-refractivity contribution is 5.91. The first kappa shape index (κ1) is 11.6. The van der Waals surface area contributed by atoms with Gasteiger partial charge in [-0.1, -0.05) is 0 Å². The zero-order valence-corrected chi connectivity index (χ0v) is 10.0. The topological polar surface area (TPSA) is 85.8 Å². The van der Waals surface area contributed by atoms with Gasteiger partial charge in [0.05, 0.1) is 17.9 Å². The van der Waals surface area contributed by atoms with Gasteiger partial charge in [-0.05, 0) is 18.6 Å². The van der Waals surface area contributed by atoms with Crippen LogP contribution >= 0.6 is 0 Å². The van der Waals surface area contributed by atoms with E-state index in [1.807, 2.05) is 0 Å². The number of rotatable bonds is 2. The van der Waals surface area contributed by atoms with Crippen LogP contribution in [0.1, 0.15) is 28.6 Å². The molecule has 98 valence electrons. The number of hydrogen-bond donors (Lipinski definition) is 2. The highest BCUT2D eigenvalue weighted by Gasteiger charge is 2.25. The van der Waals surface area contributed by atoms with Crippen LogP contribution in [0.25, 0.3) is 0 Å². The zero-order valence-electron chi connectivity index (χ0n) is 10.0. The van der Waals surface area contributed by atoms with Crippen molar-refractivity contribution in [1.82, 2.24) is 14.8 Å². The van der Waals surface area contributed by atoms with E-state index < -0.39 is 5.91 Å². The summed E-state index contributed by atoms with van der Waals surface area (Å²) in [6, 6.07) is 4.48. The van der Waals surface area contributed by atoms with Gasteiger partial charge in [0.25, 0.3) is 5.91 Å². The number of primary amides is 1. The summed E-state index contributed by atoms with van der Waals surface area (Å²) in [5, 5.41) is 7.32. The maximum atomic E-state index is 12.9. The Morgan fingerprint density at radius 1 is 1.53 bits per heavy atom. The number of pyridine rings is 1. The molecular weight excluding hydrogens is 249 g/mol. The Balaban J connectivity index is 2.02. The lowest BCUT2D eigenvalue weighted by Crippen LogP contribution is -2.25. The molecule has 1 aliphatic rings. The van der Waals surface area contributed by atoms with Gasteiger partial charge in [0.15, 0.2) is 5.69 Å². The van der Waals surface area contributed by atoms with Gasteiger partial charge in [-0.3, -0.25) is 9.78 Å². The Hall–Kier alpha value is -2.44. The van der Waals surface area contributed by atoms with Crippen LogP contribution < -0.4 is 11.1 Å². The van der Waals surface area contributed by atoms with Gasteiger partial charge >= 0.3 is 0 Å². The summed E-state index contributed by atoms with van der Waals surface area (Å²) in [4.78, 5) is 15.2. The largest absolute Gasteiger partial charge is 0.370 e. The maximum Gasteiger partial charge on any atom is 0.269 e. The highest BCUT2D eigenvalue weighted by atomic mass is 19.1. The molecular formula is C12H12FN5O. The van der Waals surface area contributed by atoms with Crippen LogP contribution in [0.15, 0.2) is 24.4 Å². The maximum absolute atomic E-state index is 12.9. The number of nitrogens with zero attached hydrogens (tertiary/aromatic N) is 3. The van der Waals surface area contributed by atoms with Crippen LogP contribution in [-0.4, -0.2) is 27.2 Å². The summed E-state index contributed by atoms with van der Waals surface area (Å²) < 4.78 is 14.6. The molecule has 0 bridgehead atoms. The third kappa shape index (κ3) is 2.03. The lowest BCUT2D eigenvalue weighted by molar-refractivity contribution is 0.0994. The van der Waals surface area contributed by atoms with Gasteiger partial charge in [0.1, 0.15) is 11.6 Å². The molecule has 3 N–H and O–H groups in total. The minimum Gasteiger partial charge on any atom is -0.370 e. The summed E-state index contributed by atoms with van der Waals surface area (Å²) in [6.07, 6.45) is 1.93. The van der Waals surface area contributed by atoms with E-state index >= 15 is 0 Å². The molecule has 3 rings (SSSR count). The van der Waals surface area contributed by atoms with Crippen molar-refractivity contribution >= 4 is 11.7 Å². The summed E-state index contributed by atoms with van der Waals surface area (Å²) in [6.45, 7) is 0.730. The SMILES string of the molecule is NC(=O)c1cc2n(n1)C(c1ccc(F)cn1)CCN2. The number of amides is 1. The van der Waals surface area contributed by atoms with Crippen LogP contribution in [0.2, 0.25) is 0 Å². The molecule has 0 saturated carbocycles. The van der Waals surface area contributed by atoms with E-state index in [0.29, 0.717) is 5.69 Å². The molecule has 3 heterocycles. The number of nitrogens with two attached hydrogens (primary N) is 1. The van der Waals surface area contributed by atoms with Crippen molar-refractivity contribution in [2.24, 2.45) is 5.73 Å². The number of hydrogen-bond acceptors (Lipinski definition) is 4. The molecule has 19 heavy (non-hydrogen) atoms. The summed E-state index contributed by atoms with van der Waals surface area (Å²) >= 11 is 0. The van der Waals surface area contributed by atoms with Crippen LogP contribution in [0, 0.1) is 5.82 Å². The lowest BCUT2D eigenvalue weighted by Gasteiger charge is -2.25. The minimum absolute atomic E-state index is 0.120. The van der Waals surface area contributed by atoms with Crippen molar-refractivity contribution in [3.63, 3.8) is 0 Å².